The Morgan fingerprint density at radius 1 is 1.23 bits per heavy atom. The predicted molar refractivity (Wildman–Crippen MR) is 101 cm³/mol. The third kappa shape index (κ3) is 3.58. The molecule has 2 heterocycles. The highest BCUT2D eigenvalue weighted by molar-refractivity contribution is 5.83. The summed E-state index contributed by atoms with van der Waals surface area (Å²) in [5, 5.41) is 0. The molecular formula is C21H29NO4. The lowest BCUT2D eigenvalue weighted by molar-refractivity contribution is -0.137. The van der Waals surface area contributed by atoms with Crippen molar-refractivity contribution in [3.05, 3.63) is 34.9 Å². The number of benzene rings is 1. The molecule has 0 unspecified atom stereocenters. The van der Waals surface area contributed by atoms with E-state index in [-0.39, 0.29) is 12.0 Å². The smallest absolute Gasteiger partial charge is 0.330 e. The first-order valence-corrected chi connectivity index (χ1v) is 9.47. The van der Waals surface area contributed by atoms with Gasteiger partial charge in [0.1, 0.15) is 0 Å². The minimum Gasteiger partial charge on any atom is -0.493 e. The first-order chi connectivity index (χ1) is 12.6. The molecule has 0 spiro atoms. The van der Waals surface area contributed by atoms with E-state index in [4.69, 9.17) is 14.2 Å². The van der Waals surface area contributed by atoms with E-state index in [1.807, 2.05) is 6.92 Å². The molecule has 1 saturated heterocycles. The molecule has 2 atom stereocenters. The highest BCUT2D eigenvalue weighted by atomic mass is 16.5. The van der Waals surface area contributed by atoms with E-state index < -0.39 is 0 Å². The van der Waals surface area contributed by atoms with Gasteiger partial charge in [0.2, 0.25) is 0 Å². The Bertz CT molecular complexity index is 697. The number of hydrogen-bond acceptors (Lipinski definition) is 5. The summed E-state index contributed by atoms with van der Waals surface area (Å²) < 4.78 is 16.1. The van der Waals surface area contributed by atoms with Gasteiger partial charge in [-0.2, -0.15) is 0 Å². The molecule has 0 saturated carbocycles. The van der Waals surface area contributed by atoms with E-state index in [0.29, 0.717) is 12.5 Å². The summed E-state index contributed by atoms with van der Waals surface area (Å²) in [6, 6.07) is 4.49. The molecule has 1 aromatic rings. The van der Waals surface area contributed by atoms with E-state index >= 15 is 0 Å². The van der Waals surface area contributed by atoms with Crippen molar-refractivity contribution in [3.63, 3.8) is 0 Å². The van der Waals surface area contributed by atoms with Gasteiger partial charge in [0.25, 0.3) is 0 Å². The van der Waals surface area contributed by atoms with Crippen molar-refractivity contribution in [1.29, 1.82) is 0 Å². The number of piperidine rings is 1. The van der Waals surface area contributed by atoms with Crippen LogP contribution in [0.3, 0.4) is 0 Å². The zero-order valence-electron chi connectivity index (χ0n) is 16.2. The minimum atomic E-state index is -0.224. The van der Waals surface area contributed by atoms with Crippen molar-refractivity contribution in [2.24, 2.45) is 5.92 Å². The molecule has 5 nitrogen and oxygen atoms in total. The van der Waals surface area contributed by atoms with E-state index in [1.54, 1.807) is 20.3 Å². The lowest BCUT2D eigenvalue weighted by Crippen LogP contribution is -2.43. The second-order valence-corrected chi connectivity index (χ2v) is 6.95. The lowest BCUT2D eigenvalue weighted by atomic mass is 9.79. The number of esters is 1. The average Bonchev–Trinajstić information content (AvgIpc) is 2.66. The van der Waals surface area contributed by atoms with Crippen molar-refractivity contribution >= 4 is 5.97 Å². The monoisotopic (exact) mass is 359 g/mol. The second-order valence-electron chi connectivity index (χ2n) is 6.95. The molecule has 0 amide bonds. The topological polar surface area (TPSA) is 48.0 Å². The largest absolute Gasteiger partial charge is 0.493 e. The van der Waals surface area contributed by atoms with Crippen molar-refractivity contribution < 1.29 is 19.0 Å². The molecule has 26 heavy (non-hydrogen) atoms. The number of carbonyl (C=O) groups is 1. The number of nitrogens with zero attached hydrogens (tertiary/aromatic N) is 1. The SMILES string of the molecule is CCOC(=O)/C=C1/C[C@H]2c3cc(OC)c(OC)cc3CCN2C[C@H]1CC. The van der Waals surface area contributed by atoms with Crippen LogP contribution >= 0.6 is 0 Å². The molecule has 1 aromatic carbocycles. The summed E-state index contributed by atoms with van der Waals surface area (Å²) in [6.45, 7) is 6.47. The molecule has 0 aliphatic carbocycles. The van der Waals surface area contributed by atoms with Gasteiger partial charge < -0.3 is 14.2 Å². The van der Waals surface area contributed by atoms with Gasteiger partial charge in [-0.05, 0) is 55.4 Å². The normalized spacial score (nSPS) is 23.9. The lowest BCUT2D eigenvalue weighted by Gasteiger charge is -2.45. The Morgan fingerprint density at radius 3 is 2.62 bits per heavy atom. The summed E-state index contributed by atoms with van der Waals surface area (Å²) in [5.41, 5.74) is 3.81. The zero-order chi connectivity index (χ0) is 18.7. The Labute approximate surface area is 155 Å². The van der Waals surface area contributed by atoms with Crippen LogP contribution in [0.5, 0.6) is 11.5 Å². The predicted octanol–water partition coefficient (Wildman–Crippen LogP) is 3.52. The number of carbonyl (C=O) groups excluding carboxylic acids is 1. The maximum absolute atomic E-state index is 12.0. The van der Waals surface area contributed by atoms with Crippen molar-refractivity contribution in [2.45, 2.75) is 39.2 Å². The first-order valence-electron chi connectivity index (χ1n) is 9.47. The van der Waals surface area contributed by atoms with Crippen LogP contribution in [-0.2, 0) is 16.0 Å². The van der Waals surface area contributed by atoms with Gasteiger partial charge in [-0.15, -0.1) is 0 Å². The van der Waals surface area contributed by atoms with Crippen molar-refractivity contribution in [1.82, 2.24) is 4.90 Å². The van der Waals surface area contributed by atoms with Gasteiger partial charge >= 0.3 is 5.97 Å². The van der Waals surface area contributed by atoms with Crippen molar-refractivity contribution in [2.75, 3.05) is 33.9 Å². The van der Waals surface area contributed by atoms with Crippen LogP contribution in [-0.4, -0.2) is 44.8 Å². The molecule has 5 heteroatoms. The van der Waals surface area contributed by atoms with Crippen LogP contribution in [0.4, 0.5) is 0 Å². The summed E-state index contributed by atoms with van der Waals surface area (Å²) >= 11 is 0. The van der Waals surface area contributed by atoms with Crippen LogP contribution in [0.1, 0.15) is 43.9 Å². The summed E-state index contributed by atoms with van der Waals surface area (Å²) in [4.78, 5) is 14.6. The average molecular weight is 359 g/mol. The molecule has 1 fully saturated rings. The van der Waals surface area contributed by atoms with Gasteiger partial charge in [-0.3, -0.25) is 4.90 Å². The number of ether oxygens (including phenoxy) is 3. The highest BCUT2D eigenvalue weighted by Gasteiger charge is 2.36. The van der Waals surface area contributed by atoms with Gasteiger partial charge in [0.05, 0.1) is 20.8 Å². The fourth-order valence-corrected chi connectivity index (χ4v) is 4.23. The molecule has 0 aromatic heterocycles. The fraction of sp³-hybridized carbons (Fsp3) is 0.571. The van der Waals surface area contributed by atoms with Crippen LogP contribution in [0.15, 0.2) is 23.8 Å². The maximum atomic E-state index is 12.0. The van der Waals surface area contributed by atoms with Crippen LogP contribution in [0.25, 0.3) is 0 Å². The second kappa shape index (κ2) is 8.12. The number of methoxy groups -OCH3 is 2. The van der Waals surface area contributed by atoms with Gasteiger partial charge in [0, 0.05) is 25.2 Å². The van der Waals surface area contributed by atoms with E-state index in [9.17, 15) is 4.79 Å². The van der Waals surface area contributed by atoms with Gasteiger partial charge in [0.15, 0.2) is 11.5 Å². The highest BCUT2D eigenvalue weighted by Crippen LogP contribution is 2.44. The summed E-state index contributed by atoms with van der Waals surface area (Å²) in [6.07, 6.45) is 4.64. The number of fused-ring (bicyclic) bond motifs is 3. The molecule has 0 bridgehead atoms. The Balaban J connectivity index is 1.94. The van der Waals surface area contributed by atoms with Crippen LogP contribution in [0, 0.1) is 5.92 Å². The van der Waals surface area contributed by atoms with Gasteiger partial charge in [-0.1, -0.05) is 12.5 Å². The molecule has 0 radical (unpaired) electrons. The Hall–Kier alpha value is -2.01. The quantitative estimate of drug-likeness (QED) is 0.595. The standard InChI is InChI=1S/C21H29NO4/c1-5-14-13-22-8-7-15-10-19(24-3)20(25-4)12-17(15)18(22)9-16(14)11-21(23)26-6-2/h10-12,14,18H,5-9,13H2,1-4H3/b16-11-/t14-,18+/m1/s1. The summed E-state index contributed by atoms with van der Waals surface area (Å²) in [5.74, 6) is 1.74. The minimum absolute atomic E-state index is 0.224. The molecular weight excluding hydrogens is 330 g/mol. The third-order valence-electron chi connectivity index (χ3n) is 5.60. The number of hydrogen-bond donors (Lipinski definition) is 0. The summed E-state index contributed by atoms with van der Waals surface area (Å²) in [7, 11) is 3.34. The first kappa shape index (κ1) is 18.8. The van der Waals surface area contributed by atoms with E-state index in [2.05, 4.69) is 24.0 Å². The molecule has 3 rings (SSSR count). The van der Waals surface area contributed by atoms with E-state index in [0.717, 1.165) is 43.9 Å². The molecule has 0 N–H and O–H groups in total. The molecule has 2 aliphatic rings. The fourth-order valence-electron chi connectivity index (χ4n) is 4.23. The molecule has 2 aliphatic heterocycles. The zero-order valence-corrected chi connectivity index (χ0v) is 16.2. The Morgan fingerprint density at radius 2 is 1.96 bits per heavy atom. The third-order valence-corrected chi connectivity index (χ3v) is 5.60. The van der Waals surface area contributed by atoms with Crippen LogP contribution in [0.2, 0.25) is 0 Å². The van der Waals surface area contributed by atoms with Crippen molar-refractivity contribution in [3.8, 4) is 11.5 Å². The number of rotatable bonds is 5. The van der Waals surface area contributed by atoms with Gasteiger partial charge in [-0.25, -0.2) is 4.79 Å². The van der Waals surface area contributed by atoms with Crippen LogP contribution < -0.4 is 9.47 Å². The molecule has 142 valence electrons. The Kier molecular flexibility index (Phi) is 5.87. The van der Waals surface area contributed by atoms with E-state index in [1.165, 1.54) is 16.7 Å². The maximum Gasteiger partial charge on any atom is 0.330 e.